The predicted molar refractivity (Wildman–Crippen MR) is 68.5 cm³/mol. The van der Waals surface area contributed by atoms with Gasteiger partial charge in [-0.1, -0.05) is 0 Å². The van der Waals surface area contributed by atoms with Crippen molar-refractivity contribution < 1.29 is 14.8 Å². The van der Waals surface area contributed by atoms with Gasteiger partial charge < -0.3 is 15.2 Å². The van der Waals surface area contributed by atoms with Crippen LogP contribution in [0.5, 0.6) is 0 Å². The highest BCUT2D eigenvalue weighted by Crippen LogP contribution is 2.28. The number of amidine groups is 1. The molecule has 0 aliphatic carbocycles. The first-order chi connectivity index (χ1) is 9.58. The fraction of sp³-hybridized carbons (Fsp3) is 0.417. The lowest BCUT2D eigenvalue weighted by Crippen LogP contribution is -2.50. The third-order valence-corrected chi connectivity index (χ3v) is 3.79. The Balaban J connectivity index is 1.69. The van der Waals surface area contributed by atoms with Crippen LogP contribution in [0, 0.1) is 5.41 Å². The smallest absolute Gasteiger partial charge is 0.344 e. The summed E-state index contributed by atoms with van der Waals surface area (Å²) in [5.41, 5.74) is 0.431. The van der Waals surface area contributed by atoms with Gasteiger partial charge in [0, 0.05) is 18.9 Å². The number of carbonyl (C=O) groups excluding carboxylic acids is 2. The molecule has 0 radical (unpaired) electrons. The lowest BCUT2D eigenvalue weighted by molar-refractivity contribution is -0.0583. The largest absolute Gasteiger partial charge is 0.367 e. The molecule has 2 aliphatic heterocycles. The fourth-order valence-corrected chi connectivity index (χ4v) is 2.69. The Bertz CT molecular complexity index is 555. The van der Waals surface area contributed by atoms with Gasteiger partial charge in [0.15, 0.2) is 0 Å². The number of hydrogen-bond acceptors (Lipinski definition) is 4. The van der Waals surface area contributed by atoms with E-state index in [1.165, 1.54) is 11.1 Å². The number of nitrogens with one attached hydrogen (secondary N) is 3. The summed E-state index contributed by atoms with van der Waals surface area (Å²) in [6.07, 6.45) is 4.33. The van der Waals surface area contributed by atoms with E-state index < -0.39 is 12.1 Å². The number of hydroxylamine groups is 2. The summed E-state index contributed by atoms with van der Waals surface area (Å²) in [7, 11) is 0. The number of urea groups is 1. The van der Waals surface area contributed by atoms with Gasteiger partial charge in [-0.05, 0) is 18.9 Å². The average molecular weight is 277 g/mol. The first-order valence-electron chi connectivity index (χ1n) is 6.39. The van der Waals surface area contributed by atoms with E-state index in [4.69, 9.17) is 5.41 Å². The lowest BCUT2D eigenvalue weighted by atomic mass is 10.00. The van der Waals surface area contributed by atoms with E-state index in [-0.39, 0.29) is 17.8 Å². The number of nitrogens with zero attached hydrogens (tertiary/aromatic N) is 2. The highest BCUT2D eigenvalue weighted by atomic mass is 16.5. The van der Waals surface area contributed by atoms with Crippen molar-refractivity contribution in [3.05, 3.63) is 24.0 Å². The number of rotatable bonds is 2. The third kappa shape index (κ3) is 1.94. The minimum absolute atomic E-state index is 0.0155. The molecule has 1 aromatic rings. The number of H-pyrrole nitrogens is 1. The summed E-state index contributed by atoms with van der Waals surface area (Å²) in [6, 6.07) is 0.416. The third-order valence-electron chi connectivity index (χ3n) is 3.79. The molecule has 8 heteroatoms. The van der Waals surface area contributed by atoms with E-state index in [0.29, 0.717) is 24.9 Å². The van der Waals surface area contributed by atoms with Crippen LogP contribution in [0.3, 0.4) is 0 Å². The fourth-order valence-electron chi connectivity index (χ4n) is 2.69. The van der Waals surface area contributed by atoms with Crippen LogP contribution >= 0.6 is 0 Å². The van der Waals surface area contributed by atoms with Crippen LogP contribution in [0.2, 0.25) is 0 Å². The van der Waals surface area contributed by atoms with Crippen LogP contribution in [0.15, 0.2) is 18.5 Å². The highest BCUT2D eigenvalue weighted by Gasteiger charge is 2.45. The first-order valence-corrected chi connectivity index (χ1v) is 6.39. The number of aromatic amines is 1. The molecule has 2 aliphatic rings. The molecule has 2 bridgehead atoms. The summed E-state index contributed by atoms with van der Waals surface area (Å²) >= 11 is 0. The molecule has 3 rings (SSSR count). The van der Waals surface area contributed by atoms with Gasteiger partial charge in [0.2, 0.25) is 0 Å². The summed E-state index contributed by atoms with van der Waals surface area (Å²) in [4.78, 5) is 27.9. The number of aromatic nitrogens is 1. The molecular formula is C12H15N5O3. The number of hydrogen-bond donors (Lipinski definition) is 4. The molecule has 0 saturated carbocycles. The Kier molecular flexibility index (Phi) is 2.94. The molecule has 2 fully saturated rings. The van der Waals surface area contributed by atoms with Gasteiger partial charge in [-0.3, -0.25) is 15.4 Å². The van der Waals surface area contributed by atoms with Crippen LogP contribution < -0.4 is 5.32 Å². The van der Waals surface area contributed by atoms with E-state index in [0.717, 1.165) is 5.06 Å². The molecule has 0 unspecified atom stereocenters. The zero-order valence-electron chi connectivity index (χ0n) is 10.7. The lowest BCUT2D eigenvalue weighted by Gasteiger charge is -2.30. The van der Waals surface area contributed by atoms with Crippen LogP contribution in [-0.2, 0) is 0 Å². The molecular weight excluding hydrogens is 262 g/mol. The van der Waals surface area contributed by atoms with Crippen molar-refractivity contribution >= 4 is 17.8 Å². The summed E-state index contributed by atoms with van der Waals surface area (Å²) in [5.74, 6) is -0.399. The maximum Gasteiger partial charge on any atom is 0.344 e. The molecule has 4 N–H and O–H groups in total. The molecule has 2 atom stereocenters. The minimum atomic E-state index is -0.502. The van der Waals surface area contributed by atoms with Gasteiger partial charge >= 0.3 is 6.03 Å². The summed E-state index contributed by atoms with van der Waals surface area (Å²) in [6.45, 7) is 0.391. The number of carbonyl (C=O) groups is 2. The second-order valence-electron chi connectivity index (χ2n) is 4.99. The second kappa shape index (κ2) is 4.64. The van der Waals surface area contributed by atoms with Gasteiger partial charge in [-0.2, -0.15) is 0 Å². The standard InChI is InChI=1S/C12H15N5O3/c13-10(15-11(18)7-3-4-14-5-7)9-2-1-8-6-16(9)12(19)17(8)20/h3-5,8-9,14,20H,1-2,6H2,(H2,13,15,18)/t8-,9+/m1/s1. The van der Waals surface area contributed by atoms with Crippen molar-refractivity contribution in [2.45, 2.75) is 24.9 Å². The minimum Gasteiger partial charge on any atom is -0.367 e. The normalized spacial score (nSPS) is 24.9. The van der Waals surface area contributed by atoms with Gasteiger partial charge in [0.1, 0.15) is 5.84 Å². The van der Waals surface area contributed by atoms with Crippen LogP contribution in [0.1, 0.15) is 23.2 Å². The maximum atomic E-state index is 11.9. The average Bonchev–Trinajstić information content (AvgIpc) is 3.04. The Morgan fingerprint density at radius 3 is 3.00 bits per heavy atom. The van der Waals surface area contributed by atoms with E-state index in [2.05, 4.69) is 10.3 Å². The van der Waals surface area contributed by atoms with Crippen molar-refractivity contribution in [1.29, 1.82) is 5.41 Å². The van der Waals surface area contributed by atoms with E-state index in [1.807, 2.05) is 0 Å². The van der Waals surface area contributed by atoms with Gasteiger partial charge in [-0.25, -0.2) is 9.86 Å². The number of piperidine rings is 1. The van der Waals surface area contributed by atoms with E-state index >= 15 is 0 Å². The van der Waals surface area contributed by atoms with Crippen molar-refractivity contribution in [3.63, 3.8) is 0 Å². The molecule has 0 spiro atoms. The predicted octanol–water partition coefficient (Wildman–Crippen LogP) is 0.380. The van der Waals surface area contributed by atoms with Gasteiger partial charge in [0.05, 0.1) is 17.6 Å². The number of fused-ring (bicyclic) bond motifs is 2. The topological polar surface area (TPSA) is 113 Å². The first kappa shape index (κ1) is 12.7. The van der Waals surface area contributed by atoms with Crippen molar-refractivity contribution in [2.24, 2.45) is 0 Å². The van der Waals surface area contributed by atoms with Gasteiger partial charge in [0.25, 0.3) is 5.91 Å². The quantitative estimate of drug-likeness (QED) is 0.356. The van der Waals surface area contributed by atoms with Gasteiger partial charge in [-0.15, -0.1) is 0 Å². The van der Waals surface area contributed by atoms with Crippen LogP contribution in [-0.4, -0.2) is 56.6 Å². The Morgan fingerprint density at radius 1 is 1.50 bits per heavy atom. The van der Waals surface area contributed by atoms with Crippen molar-refractivity contribution in [2.75, 3.05) is 6.54 Å². The maximum absolute atomic E-state index is 11.9. The van der Waals surface area contributed by atoms with Crippen LogP contribution in [0.25, 0.3) is 0 Å². The molecule has 1 aromatic heterocycles. The summed E-state index contributed by atoms with van der Waals surface area (Å²) in [5, 5.41) is 20.8. The zero-order chi connectivity index (χ0) is 14.3. The summed E-state index contributed by atoms with van der Waals surface area (Å²) < 4.78 is 0. The second-order valence-corrected chi connectivity index (χ2v) is 4.99. The monoisotopic (exact) mass is 277 g/mol. The Morgan fingerprint density at radius 2 is 2.30 bits per heavy atom. The molecule has 3 heterocycles. The Labute approximate surface area is 114 Å². The van der Waals surface area contributed by atoms with Crippen LogP contribution in [0.4, 0.5) is 4.79 Å². The Hall–Kier alpha value is -2.35. The highest BCUT2D eigenvalue weighted by molar-refractivity contribution is 6.07. The molecule has 106 valence electrons. The zero-order valence-corrected chi connectivity index (χ0v) is 10.7. The molecule has 2 saturated heterocycles. The molecule has 3 amide bonds. The number of amides is 3. The molecule has 0 aromatic carbocycles. The van der Waals surface area contributed by atoms with E-state index in [9.17, 15) is 14.8 Å². The molecule has 20 heavy (non-hydrogen) atoms. The van der Waals surface area contributed by atoms with E-state index in [1.54, 1.807) is 12.3 Å². The SMILES string of the molecule is N=C(NC(=O)c1cc[nH]c1)[C@@H]1CC[C@@H]2CN1C(=O)N2O. The van der Waals surface area contributed by atoms with Crippen molar-refractivity contribution in [1.82, 2.24) is 20.3 Å². The van der Waals surface area contributed by atoms with Crippen molar-refractivity contribution in [3.8, 4) is 0 Å². The molecule has 8 nitrogen and oxygen atoms in total.